The molecule has 0 radical (unpaired) electrons. The maximum absolute atomic E-state index is 12.3. The van der Waals surface area contributed by atoms with Crippen LogP contribution in [0.2, 0.25) is 0 Å². The van der Waals surface area contributed by atoms with Gasteiger partial charge in [-0.3, -0.25) is 9.59 Å². The van der Waals surface area contributed by atoms with Gasteiger partial charge in [0.05, 0.1) is 5.41 Å². The third-order valence-corrected chi connectivity index (χ3v) is 3.85. The Kier molecular flexibility index (Phi) is 4.25. The number of Topliss-reactive ketones (excluding diaryl/α,β-unsaturated/α-hetero) is 1. The van der Waals surface area contributed by atoms with Gasteiger partial charge in [-0.1, -0.05) is 13.8 Å². The minimum Gasteiger partial charge on any atom is -0.430 e. The molecule has 1 N–H and O–H groups in total. The maximum Gasteiger partial charge on any atom is 0.316 e. The first kappa shape index (κ1) is 15.9. The van der Waals surface area contributed by atoms with Gasteiger partial charge in [-0.2, -0.15) is 0 Å². The van der Waals surface area contributed by atoms with Gasteiger partial charge in [-0.05, 0) is 27.7 Å². The Labute approximate surface area is 114 Å². The number of hydrogen-bond donors (Lipinski definition) is 1. The van der Waals surface area contributed by atoms with Crippen molar-refractivity contribution in [1.29, 1.82) is 0 Å². The highest BCUT2D eigenvalue weighted by molar-refractivity contribution is 6.00. The summed E-state index contributed by atoms with van der Waals surface area (Å²) in [6.07, 6.45) is 0.420. The Balaban J connectivity index is 3.05. The molecule has 0 fully saturated rings. The molecule has 4 heteroatoms. The van der Waals surface area contributed by atoms with Crippen LogP contribution in [-0.2, 0) is 14.3 Å². The van der Waals surface area contributed by atoms with Crippen LogP contribution >= 0.6 is 0 Å². The van der Waals surface area contributed by atoms with Gasteiger partial charge in [-0.15, -0.1) is 0 Å². The van der Waals surface area contributed by atoms with Crippen molar-refractivity contribution in [3.05, 3.63) is 11.3 Å². The Morgan fingerprint density at radius 3 is 2.37 bits per heavy atom. The fourth-order valence-corrected chi connectivity index (χ4v) is 2.10. The Morgan fingerprint density at radius 1 is 1.42 bits per heavy atom. The lowest BCUT2D eigenvalue weighted by atomic mass is 9.68. The van der Waals surface area contributed by atoms with Crippen LogP contribution < -0.4 is 0 Å². The molecule has 0 saturated heterocycles. The van der Waals surface area contributed by atoms with Crippen molar-refractivity contribution in [2.24, 2.45) is 16.7 Å². The quantitative estimate of drug-likeness (QED) is 0.781. The summed E-state index contributed by atoms with van der Waals surface area (Å²) in [5.41, 5.74) is -0.735. The van der Waals surface area contributed by atoms with E-state index in [0.717, 1.165) is 0 Å². The molecule has 0 aromatic carbocycles. The van der Waals surface area contributed by atoms with E-state index in [1.807, 2.05) is 13.8 Å². The highest BCUT2D eigenvalue weighted by Crippen LogP contribution is 2.41. The molecule has 1 aliphatic carbocycles. The second-order valence-electron chi connectivity index (χ2n) is 6.82. The molecular weight excluding hydrogens is 244 g/mol. The van der Waals surface area contributed by atoms with Gasteiger partial charge in [-0.25, -0.2) is 0 Å². The first-order valence-electron chi connectivity index (χ1n) is 6.59. The fourth-order valence-electron chi connectivity index (χ4n) is 2.10. The van der Waals surface area contributed by atoms with E-state index in [1.165, 1.54) is 0 Å². The molecule has 1 aliphatic rings. The van der Waals surface area contributed by atoms with Crippen molar-refractivity contribution in [3.8, 4) is 0 Å². The number of carbonyl (C=O) groups is 2. The Hall–Kier alpha value is -1.16. The van der Waals surface area contributed by atoms with Crippen LogP contribution in [0.3, 0.4) is 0 Å². The summed E-state index contributed by atoms with van der Waals surface area (Å²) in [6.45, 7) is 10.5. The van der Waals surface area contributed by atoms with Crippen LogP contribution in [0.1, 0.15) is 48.0 Å². The maximum atomic E-state index is 12.3. The second kappa shape index (κ2) is 5.08. The molecule has 19 heavy (non-hydrogen) atoms. The molecule has 1 atom stereocenters. The van der Waals surface area contributed by atoms with Crippen LogP contribution in [0.4, 0.5) is 0 Å². The number of hydrogen-bond acceptors (Lipinski definition) is 4. The molecule has 0 aromatic heterocycles. The summed E-state index contributed by atoms with van der Waals surface area (Å²) in [5, 5.41) is 9.43. The summed E-state index contributed by atoms with van der Waals surface area (Å²) >= 11 is 0. The van der Waals surface area contributed by atoms with E-state index in [0.29, 0.717) is 17.8 Å². The SMILES string of the molecule is CC1=C(OC(=O)C(C)(C)C)CC(CO)C(C)(C)C1=O. The predicted molar refractivity (Wildman–Crippen MR) is 72.2 cm³/mol. The summed E-state index contributed by atoms with van der Waals surface area (Å²) in [7, 11) is 0. The highest BCUT2D eigenvalue weighted by Gasteiger charge is 2.43. The van der Waals surface area contributed by atoms with Crippen molar-refractivity contribution in [2.45, 2.75) is 48.0 Å². The van der Waals surface area contributed by atoms with Crippen molar-refractivity contribution >= 4 is 11.8 Å². The number of ether oxygens (including phenoxy) is 1. The summed E-state index contributed by atoms with van der Waals surface area (Å²) in [6, 6.07) is 0. The Bertz CT molecular complexity index is 424. The van der Waals surface area contributed by atoms with Gasteiger partial charge in [0.15, 0.2) is 5.78 Å². The van der Waals surface area contributed by atoms with Crippen LogP contribution in [-0.4, -0.2) is 23.5 Å². The lowest BCUT2D eigenvalue weighted by Gasteiger charge is -2.37. The number of esters is 1. The topological polar surface area (TPSA) is 63.6 Å². The predicted octanol–water partition coefficient (Wildman–Crippen LogP) is 2.46. The number of rotatable bonds is 2. The van der Waals surface area contributed by atoms with Gasteiger partial charge >= 0.3 is 5.97 Å². The van der Waals surface area contributed by atoms with Gasteiger partial charge in [0.2, 0.25) is 0 Å². The molecule has 4 nitrogen and oxygen atoms in total. The van der Waals surface area contributed by atoms with Crippen molar-refractivity contribution in [2.75, 3.05) is 6.61 Å². The van der Waals surface area contributed by atoms with Crippen LogP contribution in [0, 0.1) is 16.7 Å². The molecular formula is C15H24O4. The van der Waals surface area contributed by atoms with Crippen LogP contribution in [0.5, 0.6) is 0 Å². The van der Waals surface area contributed by atoms with E-state index < -0.39 is 10.8 Å². The molecule has 0 bridgehead atoms. The van der Waals surface area contributed by atoms with Gasteiger partial charge in [0.25, 0.3) is 0 Å². The normalized spacial score (nSPS) is 23.5. The minimum atomic E-state index is -0.615. The molecule has 0 aliphatic heterocycles. The number of allylic oxidation sites excluding steroid dienone is 2. The van der Waals surface area contributed by atoms with Crippen molar-refractivity contribution in [1.82, 2.24) is 0 Å². The van der Waals surface area contributed by atoms with Gasteiger partial charge in [0.1, 0.15) is 5.76 Å². The summed E-state index contributed by atoms with van der Waals surface area (Å²) in [4.78, 5) is 24.2. The average Bonchev–Trinajstić information content (AvgIpc) is 2.28. The van der Waals surface area contributed by atoms with Crippen LogP contribution in [0.15, 0.2) is 11.3 Å². The third kappa shape index (κ3) is 3.06. The molecule has 0 aromatic rings. The molecule has 0 saturated carbocycles. The van der Waals surface area contributed by atoms with Crippen molar-refractivity contribution in [3.63, 3.8) is 0 Å². The van der Waals surface area contributed by atoms with E-state index in [-0.39, 0.29) is 24.3 Å². The third-order valence-electron chi connectivity index (χ3n) is 3.85. The smallest absolute Gasteiger partial charge is 0.316 e. The molecule has 0 spiro atoms. The van der Waals surface area contributed by atoms with E-state index in [1.54, 1.807) is 27.7 Å². The largest absolute Gasteiger partial charge is 0.430 e. The number of carbonyl (C=O) groups excluding carboxylic acids is 2. The first-order valence-corrected chi connectivity index (χ1v) is 6.59. The molecule has 0 heterocycles. The van der Waals surface area contributed by atoms with E-state index in [9.17, 15) is 14.7 Å². The zero-order chi connectivity index (χ0) is 15.0. The number of aliphatic hydroxyl groups is 1. The second-order valence-corrected chi connectivity index (χ2v) is 6.82. The van der Waals surface area contributed by atoms with E-state index >= 15 is 0 Å². The lowest BCUT2D eigenvalue weighted by molar-refractivity contribution is -0.150. The van der Waals surface area contributed by atoms with E-state index in [4.69, 9.17) is 4.74 Å². The fraction of sp³-hybridized carbons (Fsp3) is 0.733. The molecule has 0 amide bonds. The molecule has 1 unspecified atom stereocenters. The number of ketones is 1. The summed E-state index contributed by atoms with van der Waals surface area (Å²) < 4.78 is 5.37. The molecule has 108 valence electrons. The standard InChI is InChI=1S/C15H24O4/c1-9-11(19-13(18)14(2,3)4)7-10(8-16)15(5,6)12(9)17/h10,16H,7-8H2,1-6H3. The Morgan fingerprint density at radius 2 is 1.95 bits per heavy atom. The highest BCUT2D eigenvalue weighted by atomic mass is 16.5. The van der Waals surface area contributed by atoms with Crippen molar-refractivity contribution < 1.29 is 19.4 Å². The van der Waals surface area contributed by atoms with Gasteiger partial charge in [0, 0.05) is 29.9 Å². The minimum absolute atomic E-state index is 0.0606. The molecule has 1 rings (SSSR count). The lowest BCUT2D eigenvalue weighted by Crippen LogP contribution is -2.41. The average molecular weight is 268 g/mol. The first-order chi connectivity index (χ1) is 8.51. The zero-order valence-corrected chi connectivity index (χ0v) is 12.7. The zero-order valence-electron chi connectivity index (χ0n) is 12.7. The summed E-state index contributed by atoms with van der Waals surface area (Å²) in [5.74, 6) is -0.227. The number of aliphatic hydroxyl groups excluding tert-OH is 1. The monoisotopic (exact) mass is 268 g/mol. The van der Waals surface area contributed by atoms with E-state index in [2.05, 4.69) is 0 Å². The van der Waals surface area contributed by atoms with Gasteiger partial charge < -0.3 is 9.84 Å². The van der Waals surface area contributed by atoms with Crippen LogP contribution in [0.25, 0.3) is 0 Å².